The lowest BCUT2D eigenvalue weighted by atomic mass is 10.1. The predicted molar refractivity (Wildman–Crippen MR) is 73.2 cm³/mol. The Morgan fingerprint density at radius 3 is 2.56 bits per heavy atom. The van der Waals surface area contributed by atoms with Crippen LogP contribution in [0, 0.1) is 0 Å². The molecule has 0 radical (unpaired) electrons. The Morgan fingerprint density at radius 1 is 1.00 bits per heavy atom. The standard InChI is InChI=1S/C15H10ClNO/c16-11-6-7-12-13(9-11)14(17-15(12)18)8-10-4-2-1-3-5-10/h1-9H,(H,17,18). The van der Waals surface area contributed by atoms with E-state index in [-0.39, 0.29) is 5.91 Å². The van der Waals surface area contributed by atoms with Gasteiger partial charge in [-0.1, -0.05) is 41.9 Å². The molecular weight excluding hydrogens is 246 g/mol. The normalized spacial score (nSPS) is 15.6. The molecule has 18 heavy (non-hydrogen) atoms. The fraction of sp³-hybridized carbons (Fsp3) is 0. The summed E-state index contributed by atoms with van der Waals surface area (Å²) in [6, 6.07) is 15.1. The SMILES string of the molecule is O=C1NC(=Cc2ccccc2)c2cc(Cl)ccc21. The summed E-state index contributed by atoms with van der Waals surface area (Å²) in [4.78, 5) is 11.8. The lowest BCUT2D eigenvalue weighted by Crippen LogP contribution is -2.11. The van der Waals surface area contributed by atoms with Crippen LogP contribution in [-0.4, -0.2) is 5.91 Å². The van der Waals surface area contributed by atoms with Crippen LogP contribution in [0.4, 0.5) is 0 Å². The summed E-state index contributed by atoms with van der Waals surface area (Å²) in [6.07, 6.45) is 1.94. The molecule has 0 fully saturated rings. The largest absolute Gasteiger partial charge is 0.321 e. The van der Waals surface area contributed by atoms with Crippen molar-refractivity contribution in [1.82, 2.24) is 5.32 Å². The minimum absolute atomic E-state index is 0.0798. The Kier molecular flexibility index (Phi) is 2.65. The molecule has 3 rings (SSSR count). The Labute approximate surface area is 110 Å². The molecule has 88 valence electrons. The molecule has 1 aliphatic heterocycles. The first kappa shape index (κ1) is 11.1. The fourth-order valence-electron chi connectivity index (χ4n) is 2.02. The molecule has 1 aliphatic rings. The topological polar surface area (TPSA) is 29.1 Å². The molecule has 1 N–H and O–H groups in total. The van der Waals surface area contributed by atoms with Gasteiger partial charge in [0.25, 0.3) is 5.91 Å². The van der Waals surface area contributed by atoms with Crippen molar-refractivity contribution in [2.24, 2.45) is 0 Å². The molecule has 0 unspecified atom stereocenters. The minimum Gasteiger partial charge on any atom is -0.321 e. The lowest BCUT2D eigenvalue weighted by Gasteiger charge is -2.00. The smallest absolute Gasteiger partial charge is 0.256 e. The monoisotopic (exact) mass is 255 g/mol. The van der Waals surface area contributed by atoms with Gasteiger partial charge in [-0.05, 0) is 29.8 Å². The molecule has 0 aliphatic carbocycles. The van der Waals surface area contributed by atoms with Crippen LogP contribution in [0.15, 0.2) is 48.5 Å². The molecule has 2 aromatic rings. The van der Waals surface area contributed by atoms with E-state index in [0.717, 1.165) is 16.8 Å². The molecular formula is C15H10ClNO. The van der Waals surface area contributed by atoms with Crippen molar-refractivity contribution in [3.8, 4) is 0 Å². The van der Waals surface area contributed by atoms with Gasteiger partial charge >= 0.3 is 0 Å². The number of carbonyl (C=O) groups excluding carboxylic acids is 1. The van der Waals surface area contributed by atoms with Crippen LogP contribution in [0.3, 0.4) is 0 Å². The number of amides is 1. The highest BCUT2D eigenvalue weighted by Crippen LogP contribution is 2.28. The van der Waals surface area contributed by atoms with Crippen molar-refractivity contribution in [2.75, 3.05) is 0 Å². The van der Waals surface area contributed by atoms with Gasteiger partial charge in [0, 0.05) is 21.8 Å². The Bertz CT molecular complexity index is 647. The van der Waals surface area contributed by atoms with E-state index in [4.69, 9.17) is 11.6 Å². The maximum atomic E-state index is 11.8. The van der Waals surface area contributed by atoms with E-state index >= 15 is 0 Å². The van der Waals surface area contributed by atoms with Gasteiger partial charge in [-0.15, -0.1) is 0 Å². The zero-order valence-electron chi connectivity index (χ0n) is 9.48. The van der Waals surface area contributed by atoms with Crippen LogP contribution in [-0.2, 0) is 0 Å². The number of halogens is 1. The van der Waals surface area contributed by atoms with Crippen LogP contribution >= 0.6 is 11.6 Å². The molecule has 3 heteroatoms. The van der Waals surface area contributed by atoms with E-state index in [1.807, 2.05) is 42.5 Å². The van der Waals surface area contributed by atoms with E-state index in [1.54, 1.807) is 12.1 Å². The fourth-order valence-corrected chi connectivity index (χ4v) is 2.20. The number of hydrogen-bond donors (Lipinski definition) is 1. The van der Waals surface area contributed by atoms with Crippen molar-refractivity contribution in [3.05, 3.63) is 70.2 Å². The summed E-state index contributed by atoms with van der Waals surface area (Å²) < 4.78 is 0. The van der Waals surface area contributed by atoms with Crippen LogP contribution in [0.1, 0.15) is 21.5 Å². The van der Waals surface area contributed by atoms with E-state index in [1.165, 1.54) is 0 Å². The summed E-state index contributed by atoms with van der Waals surface area (Å²) in [5.74, 6) is -0.0798. The average molecular weight is 256 g/mol. The van der Waals surface area contributed by atoms with Gasteiger partial charge in [-0.25, -0.2) is 0 Å². The van der Waals surface area contributed by atoms with Gasteiger partial charge in [0.2, 0.25) is 0 Å². The van der Waals surface area contributed by atoms with Crippen LogP contribution < -0.4 is 5.32 Å². The summed E-state index contributed by atoms with van der Waals surface area (Å²) in [5.41, 5.74) is 3.36. The molecule has 1 amide bonds. The van der Waals surface area contributed by atoms with Crippen molar-refractivity contribution < 1.29 is 4.79 Å². The summed E-state index contributed by atoms with van der Waals surface area (Å²) in [5, 5.41) is 3.49. The second-order valence-electron chi connectivity index (χ2n) is 4.11. The van der Waals surface area contributed by atoms with Crippen LogP contribution in [0.5, 0.6) is 0 Å². The Balaban J connectivity index is 2.10. The lowest BCUT2D eigenvalue weighted by molar-refractivity contribution is 0.0981. The molecule has 0 atom stereocenters. The third-order valence-corrected chi connectivity index (χ3v) is 3.11. The Morgan fingerprint density at radius 2 is 1.78 bits per heavy atom. The molecule has 0 bridgehead atoms. The van der Waals surface area contributed by atoms with E-state index in [0.29, 0.717) is 10.6 Å². The van der Waals surface area contributed by atoms with Gasteiger partial charge in [0.1, 0.15) is 0 Å². The van der Waals surface area contributed by atoms with Gasteiger partial charge in [0.05, 0.1) is 0 Å². The van der Waals surface area contributed by atoms with Crippen LogP contribution in [0.2, 0.25) is 5.02 Å². The predicted octanol–water partition coefficient (Wildman–Crippen LogP) is 3.58. The Hall–Kier alpha value is -2.06. The second-order valence-corrected chi connectivity index (χ2v) is 4.55. The van der Waals surface area contributed by atoms with Crippen molar-refractivity contribution in [1.29, 1.82) is 0 Å². The highest BCUT2D eigenvalue weighted by molar-refractivity contribution is 6.31. The number of fused-ring (bicyclic) bond motifs is 1. The minimum atomic E-state index is -0.0798. The number of carbonyl (C=O) groups is 1. The highest BCUT2D eigenvalue weighted by atomic mass is 35.5. The zero-order valence-corrected chi connectivity index (χ0v) is 10.2. The molecule has 0 aromatic heterocycles. The van der Waals surface area contributed by atoms with Crippen molar-refractivity contribution in [3.63, 3.8) is 0 Å². The molecule has 1 heterocycles. The van der Waals surface area contributed by atoms with E-state index in [2.05, 4.69) is 5.32 Å². The molecule has 0 saturated heterocycles. The van der Waals surface area contributed by atoms with E-state index < -0.39 is 0 Å². The van der Waals surface area contributed by atoms with Crippen molar-refractivity contribution >= 4 is 29.3 Å². The maximum absolute atomic E-state index is 11.8. The molecule has 2 nitrogen and oxygen atoms in total. The first-order valence-corrected chi connectivity index (χ1v) is 6.00. The third kappa shape index (κ3) is 1.91. The number of hydrogen-bond acceptors (Lipinski definition) is 1. The summed E-state index contributed by atoms with van der Waals surface area (Å²) in [6.45, 7) is 0. The third-order valence-electron chi connectivity index (χ3n) is 2.88. The zero-order chi connectivity index (χ0) is 12.5. The van der Waals surface area contributed by atoms with Gasteiger partial charge < -0.3 is 5.32 Å². The highest BCUT2D eigenvalue weighted by Gasteiger charge is 2.23. The first-order chi connectivity index (χ1) is 8.74. The second kappa shape index (κ2) is 4.31. The van der Waals surface area contributed by atoms with Gasteiger partial charge in [0.15, 0.2) is 0 Å². The number of benzene rings is 2. The first-order valence-electron chi connectivity index (χ1n) is 5.62. The summed E-state index contributed by atoms with van der Waals surface area (Å²) >= 11 is 5.97. The maximum Gasteiger partial charge on any atom is 0.256 e. The van der Waals surface area contributed by atoms with Crippen molar-refractivity contribution in [2.45, 2.75) is 0 Å². The van der Waals surface area contributed by atoms with Crippen LogP contribution in [0.25, 0.3) is 11.8 Å². The van der Waals surface area contributed by atoms with E-state index in [9.17, 15) is 4.79 Å². The average Bonchev–Trinajstić information content (AvgIpc) is 2.67. The quantitative estimate of drug-likeness (QED) is 0.829. The summed E-state index contributed by atoms with van der Waals surface area (Å²) in [7, 11) is 0. The molecule has 2 aromatic carbocycles. The number of nitrogens with one attached hydrogen (secondary N) is 1. The number of rotatable bonds is 1. The molecule has 0 saturated carbocycles. The van der Waals surface area contributed by atoms with Gasteiger partial charge in [-0.3, -0.25) is 4.79 Å². The molecule has 0 spiro atoms. The van der Waals surface area contributed by atoms with Gasteiger partial charge in [-0.2, -0.15) is 0 Å².